The van der Waals surface area contributed by atoms with Crippen molar-refractivity contribution < 1.29 is 18.0 Å². The maximum Gasteiger partial charge on any atom is 0.242 e. The molecular formula is C29H33BrClN3O4S. The molecule has 0 aliphatic heterocycles. The van der Waals surface area contributed by atoms with Crippen molar-refractivity contribution in [1.29, 1.82) is 0 Å². The molecule has 3 rings (SSSR count). The number of halogens is 2. The second kappa shape index (κ2) is 14.0. The Hall–Kier alpha value is -2.88. The first-order valence-corrected chi connectivity index (χ1v) is 15.5. The van der Waals surface area contributed by atoms with Gasteiger partial charge in [-0.25, -0.2) is 8.42 Å². The Morgan fingerprint density at radius 1 is 1.00 bits per heavy atom. The third-order valence-electron chi connectivity index (χ3n) is 6.38. The number of carbonyl (C=O) groups excluding carboxylic acids is 2. The first-order valence-electron chi connectivity index (χ1n) is 12.5. The van der Waals surface area contributed by atoms with Crippen LogP contribution in [-0.4, -0.2) is 51.0 Å². The summed E-state index contributed by atoms with van der Waals surface area (Å²) in [5.74, 6) is -0.504. The molecule has 0 radical (unpaired) electrons. The molecule has 0 fully saturated rings. The Morgan fingerprint density at radius 3 is 2.28 bits per heavy atom. The van der Waals surface area contributed by atoms with Gasteiger partial charge < -0.3 is 10.2 Å². The monoisotopic (exact) mass is 633 g/mol. The summed E-state index contributed by atoms with van der Waals surface area (Å²) in [5, 5.41) is 3.13. The third kappa shape index (κ3) is 8.81. The van der Waals surface area contributed by atoms with Crippen molar-refractivity contribution in [2.75, 3.05) is 24.2 Å². The Balaban J connectivity index is 1.86. The number of amides is 2. The van der Waals surface area contributed by atoms with E-state index in [0.717, 1.165) is 27.4 Å². The van der Waals surface area contributed by atoms with Crippen LogP contribution in [0.15, 0.2) is 77.3 Å². The normalized spacial score (nSPS) is 12.0. The van der Waals surface area contributed by atoms with Gasteiger partial charge in [0, 0.05) is 42.5 Å². The van der Waals surface area contributed by atoms with E-state index in [9.17, 15) is 18.0 Å². The minimum atomic E-state index is -3.62. The van der Waals surface area contributed by atoms with Gasteiger partial charge in [0.25, 0.3) is 0 Å². The van der Waals surface area contributed by atoms with Crippen molar-refractivity contribution in [1.82, 2.24) is 10.2 Å². The third-order valence-corrected chi connectivity index (χ3v) is 8.32. The summed E-state index contributed by atoms with van der Waals surface area (Å²) in [5.41, 5.74) is 3.05. The number of hydrogen-bond acceptors (Lipinski definition) is 4. The lowest BCUT2D eigenvalue weighted by molar-refractivity contribution is -0.141. The number of rotatable bonds is 12. The van der Waals surface area contributed by atoms with Crippen LogP contribution in [0.3, 0.4) is 0 Å². The van der Waals surface area contributed by atoms with Gasteiger partial charge in [-0.3, -0.25) is 13.9 Å². The molecule has 0 spiro atoms. The van der Waals surface area contributed by atoms with Gasteiger partial charge in [0.1, 0.15) is 6.04 Å². The lowest BCUT2D eigenvalue weighted by Crippen LogP contribution is -2.49. The number of nitrogens with one attached hydrogen (secondary N) is 1. The van der Waals surface area contributed by atoms with Crippen molar-refractivity contribution in [3.63, 3.8) is 0 Å². The molecule has 3 aromatic rings. The van der Waals surface area contributed by atoms with Gasteiger partial charge >= 0.3 is 0 Å². The maximum absolute atomic E-state index is 13.7. The molecule has 0 aliphatic carbocycles. The van der Waals surface area contributed by atoms with Crippen LogP contribution in [0.2, 0.25) is 5.02 Å². The number of anilines is 1. The topological polar surface area (TPSA) is 86.8 Å². The highest BCUT2D eigenvalue weighted by Gasteiger charge is 2.30. The molecule has 0 heterocycles. The molecule has 0 unspecified atom stereocenters. The largest absolute Gasteiger partial charge is 0.357 e. The molecule has 1 N–H and O–H groups in total. The molecule has 0 aliphatic rings. The zero-order chi connectivity index (χ0) is 28.6. The van der Waals surface area contributed by atoms with E-state index in [-0.39, 0.29) is 37.7 Å². The predicted octanol–water partition coefficient (Wildman–Crippen LogP) is 5.34. The molecule has 7 nitrogen and oxygen atoms in total. The summed E-state index contributed by atoms with van der Waals surface area (Å²) >= 11 is 9.58. The van der Waals surface area contributed by atoms with Crippen LogP contribution in [-0.2, 0) is 32.6 Å². The number of hydrogen-bond donors (Lipinski definition) is 1. The van der Waals surface area contributed by atoms with Gasteiger partial charge in [-0.15, -0.1) is 0 Å². The van der Waals surface area contributed by atoms with Crippen molar-refractivity contribution in [3.05, 3.63) is 99.0 Å². The summed E-state index contributed by atoms with van der Waals surface area (Å²) in [6, 6.07) is 21.5. The molecular weight excluding hydrogens is 602 g/mol. The van der Waals surface area contributed by atoms with Crippen molar-refractivity contribution in [2.24, 2.45) is 0 Å². The SMILES string of the molecule is CNC(=O)[C@H](Cc1ccccc1)N(Cc1ccc(Br)cc1)C(=O)CCCN(c1cc(Cl)ccc1C)S(C)(=O)=O. The van der Waals surface area contributed by atoms with E-state index < -0.39 is 16.1 Å². The summed E-state index contributed by atoms with van der Waals surface area (Å²) in [6.45, 7) is 2.15. The molecule has 208 valence electrons. The standard InChI is InChI=1S/C29H33BrClN3O4S/c1-21-11-16-25(31)19-26(21)34(39(3,37)38)17-7-10-28(35)33(20-23-12-14-24(30)15-13-23)27(29(36)32-2)18-22-8-5-4-6-9-22/h4-6,8-9,11-16,19,27H,7,10,17-18,20H2,1-3H3,(H,32,36)/t27-/m0/s1. The first kappa shape index (κ1) is 30.7. The van der Waals surface area contributed by atoms with E-state index in [4.69, 9.17) is 11.6 Å². The second-order valence-electron chi connectivity index (χ2n) is 9.34. The molecule has 10 heteroatoms. The molecule has 39 heavy (non-hydrogen) atoms. The molecule has 0 saturated heterocycles. The van der Waals surface area contributed by atoms with E-state index >= 15 is 0 Å². The highest BCUT2D eigenvalue weighted by molar-refractivity contribution is 9.10. The average molecular weight is 635 g/mol. The quantitative estimate of drug-likeness (QED) is 0.291. The lowest BCUT2D eigenvalue weighted by atomic mass is 10.0. The molecule has 3 aromatic carbocycles. The van der Waals surface area contributed by atoms with Crippen LogP contribution >= 0.6 is 27.5 Å². The van der Waals surface area contributed by atoms with Crippen LogP contribution in [0.5, 0.6) is 0 Å². The van der Waals surface area contributed by atoms with Crippen molar-refractivity contribution in [3.8, 4) is 0 Å². The lowest BCUT2D eigenvalue weighted by Gasteiger charge is -2.31. The van der Waals surface area contributed by atoms with E-state index in [1.54, 1.807) is 30.1 Å². The summed E-state index contributed by atoms with van der Waals surface area (Å²) in [7, 11) is -2.07. The zero-order valence-electron chi connectivity index (χ0n) is 22.2. The number of nitrogens with zero attached hydrogens (tertiary/aromatic N) is 2. The van der Waals surface area contributed by atoms with Gasteiger partial charge in [0.05, 0.1) is 11.9 Å². The van der Waals surface area contributed by atoms with Crippen LogP contribution in [0.25, 0.3) is 0 Å². The van der Waals surface area contributed by atoms with Gasteiger partial charge in [-0.1, -0.05) is 76.1 Å². The fourth-order valence-electron chi connectivity index (χ4n) is 4.34. The predicted molar refractivity (Wildman–Crippen MR) is 160 cm³/mol. The minimum absolute atomic E-state index is 0.0600. The molecule has 1 atom stereocenters. The van der Waals surface area contributed by atoms with Gasteiger partial charge in [-0.05, 0) is 54.3 Å². The summed E-state index contributed by atoms with van der Waals surface area (Å²) in [4.78, 5) is 28.4. The number of sulfonamides is 1. The summed E-state index contributed by atoms with van der Waals surface area (Å²) in [6.07, 6.45) is 1.81. The zero-order valence-corrected chi connectivity index (χ0v) is 25.4. The average Bonchev–Trinajstić information content (AvgIpc) is 2.90. The Labute approximate surface area is 244 Å². The van der Waals surface area contributed by atoms with Gasteiger partial charge in [-0.2, -0.15) is 0 Å². The first-order chi connectivity index (χ1) is 18.5. The number of benzene rings is 3. The fourth-order valence-corrected chi connectivity index (χ4v) is 5.79. The van der Waals surface area contributed by atoms with Gasteiger partial charge in [0.15, 0.2) is 0 Å². The molecule has 2 amide bonds. The number of carbonyl (C=O) groups is 2. The molecule has 0 aromatic heterocycles. The minimum Gasteiger partial charge on any atom is -0.357 e. The Morgan fingerprint density at radius 2 is 1.67 bits per heavy atom. The van der Waals surface area contributed by atoms with Crippen LogP contribution in [0.1, 0.15) is 29.5 Å². The Bertz CT molecular complexity index is 1390. The number of likely N-dealkylation sites (N-methyl/N-ethyl adjacent to an activating group) is 1. The molecule has 0 saturated carbocycles. The van der Waals surface area contributed by atoms with E-state index in [0.29, 0.717) is 17.1 Å². The smallest absolute Gasteiger partial charge is 0.242 e. The van der Waals surface area contributed by atoms with Crippen molar-refractivity contribution >= 4 is 55.1 Å². The van der Waals surface area contributed by atoms with Crippen LogP contribution in [0.4, 0.5) is 5.69 Å². The maximum atomic E-state index is 13.7. The van der Waals surface area contributed by atoms with Gasteiger partial charge in [0.2, 0.25) is 21.8 Å². The van der Waals surface area contributed by atoms with Crippen molar-refractivity contribution in [2.45, 2.75) is 38.8 Å². The fraction of sp³-hybridized carbons (Fsp3) is 0.310. The summed E-state index contributed by atoms with van der Waals surface area (Å²) < 4.78 is 27.5. The second-order valence-corrected chi connectivity index (χ2v) is 12.6. The van der Waals surface area contributed by atoms with Crippen LogP contribution < -0.4 is 9.62 Å². The van der Waals surface area contributed by atoms with Crippen LogP contribution in [0, 0.1) is 6.92 Å². The Kier molecular flexibility index (Phi) is 11.0. The van der Waals surface area contributed by atoms with E-state index in [2.05, 4.69) is 21.2 Å². The number of aryl methyl sites for hydroxylation is 1. The van der Waals surface area contributed by atoms with E-state index in [1.165, 1.54) is 4.31 Å². The highest BCUT2D eigenvalue weighted by atomic mass is 79.9. The van der Waals surface area contributed by atoms with E-state index in [1.807, 2.05) is 61.5 Å². The highest BCUT2D eigenvalue weighted by Crippen LogP contribution is 2.27. The molecule has 0 bridgehead atoms.